The number of hydrogen-bond acceptors (Lipinski definition) is 8. The van der Waals surface area contributed by atoms with Crippen molar-refractivity contribution in [3.05, 3.63) is 84.5 Å². The van der Waals surface area contributed by atoms with Gasteiger partial charge < -0.3 is 20.5 Å². The lowest BCUT2D eigenvalue weighted by Gasteiger charge is -2.06. The summed E-state index contributed by atoms with van der Waals surface area (Å²) in [5.74, 6) is -0.718. The SMILES string of the molecule is C=C/C=C\C=[NH+]\c1nc(Nc2ccc(C(=O)O)cc2)nc(Nc2ccc(C(=O)OC)cc2)n1. The molecular formula is C23H21N6O4+. The maximum absolute atomic E-state index is 11.6. The van der Waals surface area contributed by atoms with E-state index in [1.54, 1.807) is 60.8 Å². The van der Waals surface area contributed by atoms with Crippen LogP contribution in [0, 0.1) is 0 Å². The van der Waals surface area contributed by atoms with Gasteiger partial charge in [-0.2, -0.15) is 0 Å². The zero-order valence-electron chi connectivity index (χ0n) is 17.6. The van der Waals surface area contributed by atoms with Crippen LogP contribution in [0.25, 0.3) is 0 Å². The zero-order valence-corrected chi connectivity index (χ0v) is 17.6. The van der Waals surface area contributed by atoms with Gasteiger partial charge in [-0.1, -0.05) is 18.7 Å². The number of anilines is 4. The van der Waals surface area contributed by atoms with E-state index in [1.165, 1.54) is 19.2 Å². The Morgan fingerprint density at radius 2 is 1.45 bits per heavy atom. The van der Waals surface area contributed by atoms with Crippen LogP contribution < -0.4 is 15.6 Å². The largest absolute Gasteiger partial charge is 0.478 e. The third kappa shape index (κ3) is 6.56. The number of esters is 1. The fraction of sp³-hybridized carbons (Fsp3) is 0.0435. The molecule has 4 N–H and O–H groups in total. The highest BCUT2D eigenvalue weighted by atomic mass is 16.5. The number of methoxy groups -OCH3 is 1. The number of aromatic carboxylic acids is 1. The molecule has 0 aliphatic carbocycles. The number of nitrogens with one attached hydrogen (secondary N) is 3. The van der Waals surface area contributed by atoms with Crippen molar-refractivity contribution in [1.29, 1.82) is 0 Å². The van der Waals surface area contributed by atoms with E-state index in [2.05, 4.69) is 37.2 Å². The second kappa shape index (κ2) is 11.0. The fourth-order valence-corrected chi connectivity index (χ4v) is 2.57. The van der Waals surface area contributed by atoms with Gasteiger partial charge in [0.1, 0.15) is 0 Å². The summed E-state index contributed by atoms with van der Waals surface area (Å²) in [7, 11) is 1.32. The highest BCUT2D eigenvalue weighted by Crippen LogP contribution is 2.18. The van der Waals surface area contributed by atoms with Gasteiger partial charge in [0.05, 0.1) is 24.5 Å². The molecule has 0 spiro atoms. The number of carbonyl (C=O) groups excluding carboxylic acids is 1. The van der Waals surface area contributed by atoms with Gasteiger partial charge in [0.15, 0.2) is 0 Å². The number of carboxylic acid groups (broad SMARTS) is 1. The Balaban J connectivity index is 1.87. The predicted octanol–water partition coefficient (Wildman–Crippen LogP) is 2.37. The van der Waals surface area contributed by atoms with E-state index in [-0.39, 0.29) is 23.4 Å². The molecule has 0 saturated heterocycles. The van der Waals surface area contributed by atoms with Crippen molar-refractivity contribution >= 4 is 47.4 Å². The van der Waals surface area contributed by atoms with Crippen LogP contribution in [0.1, 0.15) is 20.7 Å². The standard InChI is InChI=1S/C23H20N6O4/c1-3-4-5-14-24-21-27-22(25-17-10-6-15(7-11-17)19(30)31)29-23(28-21)26-18-12-8-16(9-13-18)20(32)33-2/h3-14H,1H2,2H3,(H,30,31)(H2,25,26,27,28,29)/p+1/b5-4-,24-14+. The van der Waals surface area contributed by atoms with Gasteiger partial charge in [0.25, 0.3) is 0 Å². The minimum atomic E-state index is -1.01. The van der Waals surface area contributed by atoms with Crippen molar-refractivity contribution < 1.29 is 24.4 Å². The number of hydrogen-bond donors (Lipinski definition) is 4. The summed E-state index contributed by atoms with van der Waals surface area (Å²) < 4.78 is 4.70. The minimum absolute atomic E-state index is 0.167. The van der Waals surface area contributed by atoms with E-state index in [0.717, 1.165) is 0 Å². The van der Waals surface area contributed by atoms with E-state index in [9.17, 15) is 9.59 Å². The molecule has 0 radical (unpaired) electrons. The summed E-state index contributed by atoms with van der Waals surface area (Å²) in [5.41, 5.74) is 1.82. The third-order valence-corrected chi connectivity index (χ3v) is 4.14. The van der Waals surface area contributed by atoms with E-state index in [4.69, 9.17) is 9.84 Å². The van der Waals surface area contributed by atoms with Crippen molar-refractivity contribution in [1.82, 2.24) is 15.0 Å². The maximum Gasteiger partial charge on any atom is 0.437 e. The van der Waals surface area contributed by atoms with Gasteiger partial charge in [0.2, 0.25) is 0 Å². The molecule has 10 heteroatoms. The Hall–Kier alpha value is -4.86. The Morgan fingerprint density at radius 1 is 0.909 bits per heavy atom. The molecule has 0 unspecified atom stereocenters. The number of aromatic nitrogens is 3. The molecule has 0 saturated carbocycles. The molecule has 3 aromatic rings. The molecule has 10 nitrogen and oxygen atoms in total. The molecule has 0 aliphatic rings. The average molecular weight is 445 g/mol. The number of carboxylic acids is 1. The molecule has 0 fully saturated rings. The highest BCUT2D eigenvalue weighted by Gasteiger charge is 2.15. The van der Waals surface area contributed by atoms with Crippen LogP contribution in [0.3, 0.4) is 0 Å². The maximum atomic E-state index is 11.6. The summed E-state index contributed by atoms with van der Waals surface area (Å²) in [5, 5.41) is 15.1. The molecule has 1 aromatic heterocycles. The van der Waals surface area contributed by atoms with Crippen LogP contribution in [0.15, 0.2) is 73.3 Å². The van der Waals surface area contributed by atoms with Crippen molar-refractivity contribution in [2.24, 2.45) is 0 Å². The first-order valence-electron chi connectivity index (χ1n) is 9.68. The molecule has 0 aliphatic heterocycles. The Labute approximate surface area is 189 Å². The van der Waals surface area contributed by atoms with Crippen molar-refractivity contribution in [2.75, 3.05) is 17.7 Å². The van der Waals surface area contributed by atoms with E-state index >= 15 is 0 Å². The average Bonchev–Trinajstić information content (AvgIpc) is 2.82. The molecule has 1 heterocycles. The van der Waals surface area contributed by atoms with Crippen LogP contribution >= 0.6 is 0 Å². The zero-order chi connectivity index (χ0) is 23.6. The summed E-state index contributed by atoms with van der Waals surface area (Å²) in [6, 6.07) is 12.8. The first-order chi connectivity index (χ1) is 16.0. The normalized spacial score (nSPS) is 10.8. The Bertz CT molecular complexity index is 1200. The molecular weight excluding hydrogens is 424 g/mol. The second-order valence-corrected chi connectivity index (χ2v) is 6.44. The summed E-state index contributed by atoms with van der Waals surface area (Å²) in [6.45, 7) is 3.61. The number of ether oxygens (including phenoxy) is 1. The van der Waals surface area contributed by atoms with Crippen molar-refractivity contribution in [2.45, 2.75) is 0 Å². The van der Waals surface area contributed by atoms with Gasteiger partial charge in [-0.25, -0.2) is 14.6 Å². The highest BCUT2D eigenvalue weighted by molar-refractivity contribution is 5.90. The molecule has 2 aromatic carbocycles. The quantitative estimate of drug-likeness (QED) is 0.222. The van der Waals surface area contributed by atoms with Crippen LogP contribution in [0.5, 0.6) is 0 Å². The number of allylic oxidation sites excluding steroid dienone is 3. The topological polar surface area (TPSA) is 140 Å². The van der Waals surface area contributed by atoms with Crippen LogP contribution in [-0.2, 0) is 4.74 Å². The lowest BCUT2D eigenvalue weighted by atomic mass is 10.2. The van der Waals surface area contributed by atoms with Gasteiger partial charge in [0, 0.05) is 11.4 Å². The van der Waals surface area contributed by atoms with Gasteiger partial charge in [-0.3, -0.25) is 0 Å². The summed E-state index contributed by atoms with van der Waals surface area (Å²) in [6.07, 6.45) is 6.73. The first-order valence-corrected chi connectivity index (χ1v) is 9.68. The van der Waals surface area contributed by atoms with E-state index < -0.39 is 11.9 Å². The lowest BCUT2D eigenvalue weighted by molar-refractivity contribution is -0.357. The molecule has 0 bridgehead atoms. The predicted molar refractivity (Wildman–Crippen MR) is 124 cm³/mol. The van der Waals surface area contributed by atoms with Gasteiger partial charge >= 0.3 is 29.8 Å². The first kappa shape index (κ1) is 22.8. The molecule has 0 atom stereocenters. The number of rotatable bonds is 9. The van der Waals surface area contributed by atoms with Gasteiger partial charge in [-0.15, -0.1) is 4.98 Å². The third-order valence-electron chi connectivity index (χ3n) is 4.14. The smallest absolute Gasteiger partial charge is 0.437 e. The lowest BCUT2D eigenvalue weighted by Crippen LogP contribution is -2.62. The summed E-state index contributed by atoms with van der Waals surface area (Å²) >= 11 is 0. The number of carbonyl (C=O) groups is 2. The van der Waals surface area contributed by atoms with Crippen molar-refractivity contribution in [3.63, 3.8) is 0 Å². The monoisotopic (exact) mass is 445 g/mol. The van der Waals surface area contributed by atoms with Crippen molar-refractivity contribution in [3.8, 4) is 0 Å². The van der Waals surface area contributed by atoms with Crippen LogP contribution in [0.4, 0.5) is 29.2 Å². The molecule has 0 amide bonds. The second-order valence-electron chi connectivity index (χ2n) is 6.44. The number of benzene rings is 2. The Kier molecular flexibility index (Phi) is 7.58. The van der Waals surface area contributed by atoms with Gasteiger partial charge in [-0.05, 0) is 64.6 Å². The Morgan fingerprint density at radius 3 is 1.94 bits per heavy atom. The molecule has 33 heavy (non-hydrogen) atoms. The minimum Gasteiger partial charge on any atom is -0.478 e. The summed E-state index contributed by atoms with van der Waals surface area (Å²) in [4.78, 5) is 38.6. The van der Waals surface area contributed by atoms with Crippen LogP contribution in [0.2, 0.25) is 0 Å². The van der Waals surface area contributed by atoms with E-state index in [0.29, 0.717) is 16.9 Å². The van der Waals surface area contributed by atoms with E-state index in [1.807, 2.05) is 0 Å². The molecule has 3 rings (SSSR count). The van der Waals surface area contributed by atoms with Crippen LogP contribution in [-0.4, -0.2) is 45.3 Å². The fourth-order valence-electron chi connectivity index (χ4n) is 2.57. The number of nitrogens with zero attached hydrogens (tertiary/aromatic N) is 3. The molecule has 166 valence electrons.